The van der Waals surface area contributed by atoms with Crippen LogP contribution in [-0.2, 0) is 37.0 Å². The summed E-state index contributed by atoms with van der Waals surface area (Å²) in [5.74, 6) is -1.82. The normalized spacial score (nSPS) is 22.3. The van der Waals surface area contributed by atoms with Gasteiger partial charge in [0.15, 0.2) is 5.78 Å². The van der Waals surface area contributed by atoms with Gasteiger partial charge >= 0.3 is 0 Å². The van der Waals surface area contributed by atoms with Gasteiger partial charge < -0.3 is 25.2 Å². The molecular formula is C42H57N5O6. The molecule has 2 aromatic carbocycles. The quantitative estimate of drug-likeness (QED) is 0.110. The molecule has 0 saturated carbocycles. The van der Waals surface area contributed by atoms with Gasteiger partial charge in [0.25, 0.3) is 0 Å². The maximum absolute atomic E-state index is 14.2. The minimum atomic E-state index is -0.966. The number of ketones is 1. The van der Waals surface area contributed by atoms with Gasteiger partial charge in [0, 0.05) is 36.9 Å². The first-order valence-corrected chi connectivity index (χ1v) is 19.5. The van der Waals surface area contributed by atoms with Crippen molar-refractivity contribution in [1.82, 2.24) is 20.3 Å². The molecule has 3 amide bonds. The van der Waals surface area contributed by atoms with E-state index in [1.807, 2.05) is 74.6 Å². The Hall–Kier alpha value is -4.67. The summed E-state index contributed by atoms with van der Waals surface area (Å²) >= 11 is 0. The van der Waals surface area contributed by atoms with Crippen molar-refractivity contribution in [2.75, 3.05) is 13.7 Å². The Labute approximate surface area is 313 Å². The van der Waals surface area contributed by atoms with Crippen molar-refractivity contribution in [1.29, 1.82) is 0 Å². The number of nitrogens with one attached hydrogen (secondary N) is 2. The highest BCUT2D eigenvalue weighted by Crippen LogP contribution is 2.27. The summed E-state index contributed by atoms with van der Waals surface area (Å²) in [6.07, 6.45) is 9.44. The zero-order chi connectivity index (χ0) is 37.7. The molecule has 2 N–H and O–H groups in total. The van der Waals surface area contributed by atoms with Crippen molar-refractivity contribution in [2.24, 2.45) is 17.0 Å². The summed E-state index contributed by atoms with van der Waals surface area (Å²) in [7, 11) is 1.58. The predicted molar refractivity (Wildman–Crippen MR) is 206 cm³/mol. The maximum Gasteiger partial charge on any atom is 0.246 e. The van der Waals surface area contributed by atoms with Crippen LogP contribution in [0.4, 0.5) is 0 Å². The van der Waals surface area contributed by atoms with Crippen LogP contribution in [-0.4, -0.2) is 70.6 Å². The number of oxime groups is 1. The van der Waals surface area contributed by atoms with Crippen molar-refractivity contribution in [3.05, 3.63) is 71.9 Å². The third-order valence-corrected chi connectivity index (χ3v) is 11.0. The molecule has 2 aliphatic heterocycles. The number of benzene rings is 2. The van der Waals surface area contributed by atoms with E-state index in [-0.39, 0.29) is 36.4 Å². The smallest absolute Gasteiger partial charge is 0.246 e. The minimum Gasteiger partial charge on any atom is -0.417 e. The van der Waals surface area contributed by atoms with Gasteiger partial charge in [0.05, 0.1) is 17.3 Å². The molecule has 0 spiro atoms. The zero-order valence-corrected chi connectivity index (χ0v) is 31.9. The van der Waals surface area contributed by atoms with Crippen LogP contribution in [0.15, 0.2) is 65.9 Å². The third kappa shape index (κ3) is 10.3. The second-order valence-corrected chi connectivity index (χ2v) is 14.6. The highest BCUT2D eigenvalue weighted by molar-refractivity contribution is 5.98. The van der Waals surface area contributed by atoms with Crippen LogP contribution < -0.4 is 15.5 Å². The predicted octanol–water partition coefficient (Wildman–Crippen LogP) is 6.16. The lowest BCUT2D eigenvalue weighted by molar-refractivity contribution is -0.147. The number of fused-ring (bicyclic) bond motifs is 2. The molecule has 2 aliphatic rings. The van der Waals surface area contributed by atoms with E-state index < -0.39 is 30.0 Å². The Morgan fingerprint density at radius 2 is 1.72 bits per heavy atom. The first-order valence-electron chi connectivity index (χ1n) is 19.5. The average Bonchev–Trinajstić information content (AvgIpc) is 3.54. The number of carbonyl (C=O) groups excluding carboxylic acids is 4. The number of amides is 3. The van der Waals surface area contributed by atoms with Crippen molar-refractivity contribution >= 4 is 40.1 Å². The molecule has 286 valence electrons. The van der Waals surface area contributed by atoms with Crippen molar-refractivity contribution in [3.63, 3.8) is 0 Å². The summed E-state index contributed by atoms with van der Waals surface area (Å²) in [5.41, 5.74) is 3.72. The molecule has 0 radical (unpaired) electrons. The molecule has 0 aliphatic carbocycles. The van der Waals surface area contributed by atoms with Crippen molar-refractivity contribution < 1.29 is 28.9 Å². The molecule has 11 nitrogen and oxygen atoms in total. The van der Waals surface area contributed by atoms with Crippen molar-refractivity contribution in [2.45, 2.75) is 123 Å². The van der Waals surface area contributed by atoms with E-state index in [0.29, 0.717) is 32.4 Å². The number of rotatable bonds is 15. The van der Waals surface area contributed by atoms with E-state index in [0.717, 1.165) is 72.7 Å². The fraction of sp³-hybridized carbons (Fsp3) is 0.548. The molecule has 11 heteroatoms. The number of piperidine rings is 1. The number of Topliss-reactive ketones (excluding diaryl/α,β-unsaturated/α-hetero) is 1. The Bertz CT molecular complexity index is 1720. The monoisotopic (exact) mass is 727 g/mol. The number of nitrogens with zero attached hydrogens (tertiary/aromatic N) is 3. The van der Waals surface area contributed by atoms with Gasteiger partial charge in [-0.15, -0.1) is 0 Å². The number of hydrogen-bond acceptors (Lipinski definition) is 7. The highest BCUT2D eigenvalue weighted by atomic mass is 16.6. The number of para-hydroxylation sites is 1. The molecule has 2 saturated heterocycles. The van der Waals surface area contributed by atoms with E-state index in [2.05, 4.69) is 22.7 Å². The Balaban J connectivity index is 1.33. The second kappa shape index (κ2) is 19.4. The van der Waals surface area contributed by atoms with E-state index in [1.165, 1.54) is 0 Å². The average molecular weight is 728 g/mol. The Morgan fingerprint density at radius 1 is 0.943 bits per heavy atom. The molecule has 2 fully saturated rings. The van der Waals surface area contributed by atoms with Crippen LogP contribution in [0.3, 0.4) is 0 Å². The molecular weight excluding hydrogens is 670 g/mol. The Kier molecular flexibility index (Phi) is 14.5. The number of hydrogen-bond donors (Lipinski definition) is 2. The second-order valence-electron chi connectivity index (χ2n) is 14.6. The number of carbonyl (C=O) groups is 4. The lowest BCUT2D eigenvalue weighted by Gasteiger charge is -2.39. The van der Waals surface area contributed by atoms with E-state index in [9.17, 15) is 19.2 Å². The topological polar surface area (TPSA) is 131 Å². The van der Waals surface area contributed by atoms with Crippen LogP contribution in [0.1, 0.15) is 103 Å². The molecule has 3 heterocycles. The first-order chi connectivity index (χ1) is 25.7. The van der Waals surface area contributed by atoms with Crippen LogP contribution in [0, 0.1) is 11.8 Å². The Morgan fingerprint density at radius 3 is 2.47 bits per heavy atom. The van der Waals surface area contributed by atoms with Gasteiger partial charge in [-0.2, -0.15) is 4.73 Å². The van der Waals surface area contributed by atoms with E-state index in [1.54, 1.807) is 16.7 Å². The molecule has 1 unspecified atom stereocenters. The van der Waals surface area contributed by atoms with Gasteiger partial charge in [-0.3, -0.25) is 19.2 Å². The first kappa shape index (κ1) is 39.5. The molecule has 3 aromatic rings. The van der Waals surface area contributed by atoms with Crippen molar-refractivity contribution in [3.8, 4) is 0 Å². The number of unbranched alkanes of at least 4 members (excludes halogenated alkanes) is 2. The zero-order valence-electron chi connectivity index (χ0n) is 31.9. The SMILES string of the molecule is CC/C(CCCCC[C@@H]1CC(=O)[C@H]2CCCCN2C(=O)[C@H](C(C)CC)NC(=O)[C@H](Cc2cn(OC)c3ccccc23)NC1=O)=N\OCc1ccccc1. The van der Waals surface area contributed by atoms with E-state index >= 15 is 0 Å². The van der Waals surface area contributed by atoms with Gasteiger partial charge in [0.2, 0.25) is 17.7 Å². The third-order valence-electron chi connectivity index (χ3n) is 11.0. The highest BCUT2D eigenvalue weighted by Gasteiger charge is 2.41. The molecule has 5 rings (SSSR count). The molecule has 1 aromatic heterocycles. The maximum atomic E-state index is 14.2. The number of aromatic nitrogens is 1. The summed E-state index contributed by atoms with van der Waals surface area (Å²) in [6, 6.07) is 15.3. The minimum absolute atomic E-state index is 0.0284. The fourth-order valence-electron chi connectivity index (χ4n) is 7.56. The lowest BCUT2D eigenvalue weighted by atomic mass is 9.87. The standard InChI is InChI=1S/C42H57N5O6/c1-5-29(3)39-42(51)46-24-16-15-23-37(46)38(48)26-31(19-11-8-12-20-33(6-2)45-53-28-30-17-9-7-10-18-30)40(49)43-35(41(50)44-39)25-32-27-47(52-4)36-22-14-13-21-34(32)36/h7,9-10,13-14,17-18,21-22,27,29,31,35,37,39H,5-6,8,11-12,15-16,19-20,23-26,28H2,1-4H3,(H,43,49)(H,44,50)/b45-33+/t29?,31-,35+,37-,39+/m1/s1. The summed E-state index contributed by atoms with van der Waals surface area (Å²) < 4.78 is 1.65. The summed E-state index contributed by atoms with van der Waals surface area (Å²) in [6.45, 7) is 6.88. The van der Waals surface area contributed by atoms with Crippen LogP contribution in [0.25, 0.3) is 10.9 Å². The molecule has 53 heavy (non-hydrogen) atoms. The van der Waals surface area contributed by atoms with Gasteiger partial charge in [0.1, 0.15) is 25.8 Å². The fourth-order valence-corrected chi connectivity index (χ4v) is 7.56. The lowest BCUT2D eigenvalue weighted by Crippen LogP contribution is -2.61. The van der Waals surface area contributed by atoms with Gasteiger partial charge in [-0.25, -0.2) is 0 Å². The van der Waals surface area contributed by atoms with Crippen LogP contribution in [0.5, 0.6) is 0 Å². The molecule has 0 bridgehead atoms. The van der Waals surface area contributed by atoms with Gasteiger partial charge in [-0.1, -0.05) is 93.7 Å². The largest absolute Gasteiger partial charge is 0.417 e. The summed E-state index contributed by atoms with van der Waals surface area (Å²) in [4.78, 5) is 69.6. The van der Waals surface area contributed by atoms with Crippen LogP contribution in [0.2, 0.25) is 0 Å². The van der Waals surface area contributed by atoms with Crippen LogP contribution >= 0.6 is 0 Å². The summed E-state index contributed by atoms with van der Waals surface area (Å²) in [5, 5.41) is 11.4. The molecule has 5 atom stereocenters. The van der Waals surface area contributed by atoms with E-state index in [4.69, 9.17) is 9.68 Å². The van der Waals surface area contributed by atoms with Gasteiger partial charge in [-0.05, 0) is 68.1 Å².